The Morgan fingerprint density at radius 1 is 1.09 bits per heavy atom. The van der Waals surface area contributed by atoms with Crippen LogP contribution in [-0.2, 0) is 16.0 Å². The first kappa shape index (κ1) is 21.9. The van der Waals surface area contributed by atoms with E-state index >= 15 is 0 Å². The van der Waals surface area contributed by atoms with E-state index in [2.05, 4.69) is 28.6 Å². The van der Waals surface area contributed by atoms with E-state index in [4.69, 9.17) is 9.47 Å². The van der Waals surface area contributed by atoms with E-state index < -0.39 is 5.97 Å². The predicted octanol–water partition coefficient (Wildman–Crippen LogP) is 4.17. The number of carbonyl (C=O) groups excluding carboxylic acids is 2. The standard InChI is InChI=1S/C25H29N3O4/c1-17(2)15-28-16-21(19-6-4-5-7-23(19)28)24(29)26-22-9-8-18(14-20(22)25(30)31-3)27-10-12-32-13-11-27/h4-9,14,16-17H,10-13,15H2,1-3H3,(H,26,29). The van der Waals surface area contributed by atoms with Crippen molar-refractivity contribution in [2.24, 2.45) is 5.92 Å². The number of hydrogen-bond donors (Lipinski definition) is 1. The van der Waals surface area contributed by atoms with E-state index in [1.807, 2.05) is 36.5 Å². The highest BCUT2D eigenvalue weighted by molar-refractivity contribution is 6.14. The van der Waals surface area contributed by atoms with E-state index in [9.17, 15) is 9.59 Å². The van der Waals surface area contributed by atoms with Gasteiger partial charge in [0.25, 0.3) is 5.91 Å². The Labute approximate surface area is 187 Å². The molecular weight excluding hydrogens is 406 g/mol. The van der Waals surface area contributed by atoms with Crippen molar-refractivity contribution >= 4 is 34.2 Å². The van der Waals surface area contributed by atoms with Crippen molar-refractivity contribution in [1.82, 2.24) is 4.57 Å². The summed E-state index contributed by atoms with van der Waals surface area (Å²) in [4.78, 5) is 27.9. The normalized spacial score (nSPS) is 14.1. The predicted molar refractivity (Wildman–Crippen MR) is 126 cm³/mol. The van der Waals surface area contributed by atoms with Crippen LogP contribution in [0.3, 0.4) is 0 Å². The Morgan fingerprint density at radius 3 is 2.56 bits per heavy atom. The summed E-state index contributed by atoms with van der Waals surface area (Å²) >= 11 is 0. The number of carbonyl (C=O) groups is 2. The SMILES string of the molecule is COC(=O)c1cc(N2CCOCC2)ccc1NC(=O)c1cn(CC(C)C)c2ccccc12. The van der Waals surface area contributed by atoms with Gasteiger partial charge in [-0.2, -0.15) is 0 Å². The molecule has 168 valence electrons. The first-order valence-electron chi connectivity index (χ1n) is 10.9. The van der Waals surface area contributed by atoms with Crippen molar-refractivity contribution in [2.75, 3.05) is 43.6 Å². The molecule has 4 rings (SSSR count). The molecule has 1 aliphatic heterocycles. The highest BCUT2D eigenvalue weighted by Crippen LogP contribution is 2.27. The first-order valence-corrected chi connectivity index (χ1v) is 10.9. The van der Waals surface area contributed by atoms with Gasteiger partial charge in [-0.3, -0.25) is 4.79 Å². The molecule has 7 heteroatoms. The highest BCUT2D eigenvalue weighted by atomic mass is 16.5. The third-order valence-electron chi connectivity index (χ3n) is 5.63. The van der Waals surface area contributed by atoms with Gasteiger partial charge in [0.2, 0.25) is 0 Å². The maximum Gasteiger partial charge on any atom is 0.340 e. The molecule has 0 aliphatic carbocycles. The molecule has 1 amide bonds. The summed E-state index contributed by atoms with van der Waals surface area (Å²) in [6.45, 7) is 7.90. The molecule has 7 nitrogen and oxygen atoms in total. The van der Waals surface area contributed by atoms with Gasteiger partial charge in [0.05, 0.1) is 37.1 Å². The molecule has 1 aliphatic rings. The van der Waals surface area contributed by atoms with Crippen molar-refractivity contribution in [3.8, 4) is 0 Å². The molecule has 0 saturated carbocycles. The molecule has 1 aromatic heterocycles. The number of fused-ring (bicyclic) bond motifs is 1. The summed E-state index contributed by atoms with van der Waals surface area (Å²) in [6, 6.07) is 13.3. The summed E-state index contributed by atoms with van der Waals surface area (Å²) in [6.07, 6.45) is 1.89. The molecule has 0 spiro atoms. The average Bonchev–Trinajstić information content (AvgIpc) is 3.17. The molecule has 2 heterocycles. The number of aromatic nitrogens is 1. The second kappa shape index (κ2) is 9.44. The summed E-state index contributed by atoms with van der Waals surface area (Å²) < 4.78 is 12.5. The fourth-order valence-electron chi connectivity index (χ4n) is 4.10. The molecule has 1 fully saturated rings. The molecule has 3 aromatic rings. The zero-order valence-corrected chi connectivity index (χ0v) is 18.8. The van der Waals surface area contributed by atoms with Crippen LogP contribution in [0.2, 0.25) is 0 Å². The lowest BCUT2D eigenvalue weighted by molar-refractivity contribution is 0.0602. The molecule has 0 radical (unpaired) electrons. The van der Waals surface area contributed by atoms with Crippen LogP contribution in [0.15, 0.2) is 48.7 Å². The lowest BCUT2D eigenvalue weighted by Crippen LogP contribution is -2.36. The smallest absolute Gasteiger partial charge is 0.340 e. The van der Waals surface area contributed by atoms with Gasteiger partial charge in [0, 0.05) is 42.4 Å². The number of nitrogens with zero attached hydrogens (tertiary/aromatic N) is 2. The number of benzene rings is 2. The number of anilines is 2. The Hall–Kier alpha value is -3.32. The maximum atomic E-state index is 13.3. The Kier molecular flexibility index (Phi) is 6.46. The fraction of sp³-hybridized carbons (Fsp3) is 0.360. The molecule has 0 bridgehead atoms. The van der Waals surface area contributed by atoms with E-state index in [0.29, 0.717) is 35.9 Å². The zero-order chi connectivity index (χ0) is 22.7. The lowest BCUT2D eigenvalue weighted by atomic mass is 10.1. The Morgan fingerprint density at radius 2 is 1.84 bits per heavy atom. The van der Waals surface area contributed by atoms with E-state index in [1.54, 1.807) is 12.1 Å². The average molecular weight is 436 g/mol. The quantitative estimate of drug-likeness (QED) is 0.589. The molecule has 0 atom stereocenters. The first-order chi connectivity index (χ1) is 15.5. The number of amides is 1. The minimum Gasteiger partial charge on any atom is -0.465 e. The molecule has 1 saturated heterocycles. The summed E-state index contributed by atoms with van der Waals surface area (Å²) in [5, 5.41) is 3.82. The van der Waals surface area contributed by atoms with Gasteiger partial charge in [0.15, 0.2) is 0 Å². The zero-order valence-electron chi connectivity index (χ0n) is 18.8. The fourth-order valence-corrected chi connectivity index (χ4v) is 4.10. The Balaban J connectivity index is 1.66. The van der Waals surface area contributed by atoms with Gasteiger partial charge in [-0.15, -0.1) is 0 Å². The number of ether oxygens (including phenoxy) is 2. The topological polar surface area (TPSA) is 72.8 Å². The number of esters is 1. The van der Waals surface area contributed by atoms with Crippen LogP contribution >= 0.6 is 0 Å². The number of rotatable bonds is 6. The minimum absolute atomic E-state index is 0.256. The summed E-state index contributed by atoms with van der Waals surface area (Å²) in [5.41, 5.74) is 3.26. The molecular formula is C25H29N3O4. The van der Waals surface area contributed by atoms with Crippen LogP contribution in [0.4, 0.5) is 11.4 Å². The largest absolute Gasteiger partial charge is 0.465 e. The van der Waals surface area contributed by atoms with Crippen molar-refractivity contribution in [1.29, 1.82) is 0 Å². The summed E-state index contributed by atoms with van der Waals surface area (Å²) in [7, 11) is 1.34. The number of para-hydroxylation sites is 1. The van der Waals surface area contributed by atoms with Crippen LogP contribution in [-0.4, -0.2) is 49.9 Å². The second-order valence-corrected chi connectivity index (χ2v) is 8.38. The lowest BCUT2D eigenvalue weighted by Gasteiger charge is -2.29. The van der Waals surface area contributed by atoms with Gasteiger partial charge in [-0.05, 0) is 30.2 Å². The summed E-state index contributed by atoms with van der Waals surface area (Å²) in [5.74, 6) is -0.300. The number of methoxy groups -OCH3 is 1. The third kappa shape index (κ3) is 4.48. The van der Waals surface area contributed by atoms with Gasteiger partial charge < -0.3 is 24.3 Å². The van der Waals surface area contributed by atoms with Gasteiger partial charge in [0.1, 0.15) is 0 Å². The van der Waals surface area contributed by atoms with E-state index in [-0.39, 0.29) is 5.91 Å². The molecule has 2 aromatic carbocycles. The highest BCUT2D eigenvalue weighted by Gasteiger charge is 2.21. The van der Waals surface area contributed by atoms with Crippen molar-refractivity contribution in [3.05, 3.63) is 59.8 Å². The van der Waals surface area contributed by atoms with Crippen LogP contribution in [0.1, 0.15) is 34.6 Å². The van der Waals surface area contributed by atoms with E-state index in [1.165, 1.54) is 7.11 Å². The number of nitrogens with one attached hydrogen (secondary N) is 1. The van der Waals surface area contributed by atoms with Crippen LogP contribution < -0.4 is 10.2 Å². The molecule has 0 unspecified atom stereocenters. The number of morpholine rings is 1. The second-order valence-electron chi connectivity index (χ2n) is 8.38. The van der Waals surface area contributed by atoms with Gasteiger partial charge in [-0.1, -0.05) is 32.0 Å². The van der Waals surface area contributed by atoms with Crippen molar-refractivity contribution < 1.29 is 19.1 Å². The Bertz CT molecular complexity index is 1130. The van der Waals surface area contributed by atoms with Crippen LogP contribution in [0.5, 0.6) is 0 Å². The maximum absolute atomic E-state index is 13.3. The van der Waals surface area contributed by atoms with Crippen molar-refractivity contribution in [2.45, 2.75) is 20.4 Å². The van der Waals surface area contributed by atoms with Crippen LogP contribution in [0, 0.1) is 5.92 Å². The van der Waals surface area contributed by atoms with Gasteiger partial charge >= 0.3 is 5.97 Å². The third-order valence-corrected chi connectivity index (χ3v) is 5.63. The number of hydrogen-bond acceptors (Lipinski definition) is 5. The monoisotopic (exact) mass is 435 g/mol. The van der Waals surface area contributed by atoms with Crippen LogP contribution in [0.25, 0.3) is 10.9 Å². The van der Waals surface area contributed by atoms with Gasteiger partial charge in [-0.25, -0.2) is 4.79 Å². The molecule has 32 heavy (non-hydrogen) atoms. The van der Waals surface area contributed by atoms with E-state index in [0.717, 1.165) is 36.2 Å². The minimum atomic E-state index is -0.488. The molecule has 1 N–H and O–H groups in total. The van der Waals surface area contributed by atoms with Crippen molar-refractivity contribution in [3.63, 3.8) is 0 Å².